The Morgan fingerprint density at radius 1 is 1.09 bits per heavy atom. The molecule has 1 aromatic carbocycles. The highest BCUT2D eigenvalue weighted by Crippen LogP contribution is 2.27. The molecular weight excluding hydrogens is 294 g/mol. The molecule has 126 valence electrons. The predicted molar refractivity (Wildman–Crippen MR) is 89.3 cm³/mol. The summed E-state index contributed by atoms with van der Waals surface area (Å²) < 4.78 is 10.5. The topological polar surface area (TPSA) is 54.0 Å². The standard InChI is InChI=1S/C17H25N3O3/c1-22-15-9-13(10-16(11-15)23-2)18-17(21)20-8-5-14(12-20)19-6-3-4-7-19/h9-11,14H,3-8,12H2,1-2H3,(H,18,21). The summed E-state index contributed by atoms with van der Waals surface area (Å²) >= 11 is 0. The number of urea groups is 1. The Morgan fingerprint density at radius 2 is 1.74 bits per heavy atom. The first-order chi connectivity index (χ1) is 11.2. The SMILES string of the molecule is COc1cc(NC(=O)N2CCC(N3CCCC3)C2)cc(OC)c1. The molecule has 2 aliphatic rings. The Bertz CT molecular complexity index is 536. The van der Waals surface area contributed by atoms with Crippen molar-refractivity contribution in [3.05, 3.63) is 18.2 Å². The maximum absolute atomic E-state index is 12.5. The summed E-state index contributed by atoms with van der Waals surface area (Å²) in [6, 6.07) is 5.85. The number of benzene rings is 1. The third kappa shape index (κ3) is 3.69. The lowest BCUT2D eigenvalue weighted by molar-refractivity contribution is 0.210. The van der Waals surface area contributed by atoms with Crippen molar-refractivity contribution in [2.75, 3.05) is 45.7 Å². The summed E-state index contributed by atoms with van der Waals surface area (Å²) in [5, 5.41) is 2.95. The molecule has 1 N–H and O–H groups in total. The van der Waals surface area contributed by atoms with E-state index in [1.54, 1.807) is 32.4 Å². The van der Waals surface area contributed by atoms with Gasteiger partial charge in [-0.3, -0.25) is 4.90 Å². The largest absolute Gasteiger partial charge is 0.497 e. The van der Waals surface area contributed by atoms with Gasteiger partial charge in [-0.25, -0.2) is 4.79 Å². The van der Waals surface area contributed by atoms with E-state index in [1.807, 2.05) is 4.90 Å². The van der Waals surface area contributed by atoms with Crippen molar-refractivity contribution in [3.8, 4) is 11.5 Å². The number of ether oxygens (including phenoxy) is 2. The molecule has 0 saturated carbocycles. The van der Waals surface area contributed by atoms with E-state index in [4.69, 9.17) is 9.47 Å². The van der Waals surface area contributed by atoms with Gasteiger partial charge in [0.05, 0.1) is 14.2 Å². The third-order valence-electron chi connectivity index (χ3n) is 4.71. The van der Waals surface area contributed by atoms with E-state index in [-0.39, 0.29) is 6.03 Å². The number of nitrogens with one attached hydrogen (secondary N) is 1. The third-order valence-corrected chi connectivity index (χ3v) is 4.71. The number of nitrogens with zero attached hydrogens (tertiary/aromatic N) is 2. The summed E-state index contributed by atoms with van der Waals surface area (Å²) in [6.07, 6.45) is 3.63. The second kappa shape index (κ2) is 7.08. The fraction of sp³-hybridized carbons (Fsp3) is 0.588. The molecule has 0 bridgehead atoms. The molecule has 23 heavy (non-hydrogen) atoms. The average Bonchev–Trinajstić information content (AvgIpc) is 3.25. The number of hydrogen-bond donors (Lipinski definition) is 1. The van der Waals surface area contributed by atoms with Crippen LogP contribution in [0.5, 0.6) is 11.5 Å². The summed E-state index contributed by atoms with van der Waals surface area (Å²) in [6.45, 7) is 3.97. The molecule has 6 heteroatoms. The van der Waals surface area contributed by atoms with Gasteiger partial charge in [-0.1, -0.05) is 0 Å². The molecule has 0 spiro atoms. The van der Waals surface area contributed by atoms with Crippen LogP contribution in [0.2, 0.25) is 0 Å². The highest BCUT2D eigenvalue weighted by molar-refractivity contribution is 5.90. The van der Waals surface area contributed by atoms with E-state index in [2.05, 4.69) is 10.2 Å². The fourth-order valence-corrected chi connectivity index (χ4v) is 3.41. The summed E-state index contributed by atoms with van der Waals surface area (Å²) in [5.41, 5.74) is 0.691. The van der Waals surface area contributed by atoms with Crippen LogP contribution in [0.3, 0.4) is 0 Å². The maximum atomic E-state index is 12.5. The van der Waals surface area contributed by atoms with Gasteiger partial charge in [0, 0.05) is 43.0 Å². The Labute approximate surface area is 137 Å². The number of rotatable bonds is 4. The Morgan fingerprint density at radius 3 is 2.35 bits per heavy atom. The van der Waals surface area contributed by atoms with Crippen LogP contribution in [0.15, 0.2) is 18.2 Å². The molecule has 0 radical (unpaired) electrons. The quantitative estimate of drug-likeness (QED) is 0.926. The normalized spacial score (nSPS) is 21.5. The fourth-order valence-electron chi connectivity index (χ4n) is 3.41. The zero-order valence-electron chi connectivity index (χ0n) is 13.9. The van der Waals surface area contributed by atoms with Crippen LogP contribution in [-0.4, -0.2) is 62.3 Å². The number of hydrogen-bond acceptors (Lipinski definition) is 4. The monoisotopic (exact) mass is 319 g/mol. The van der Waals surface area contributed by atoms with Crippen molar-refractivity contribution >= 4 is 11.7 Å². The second-order valence-electron chi connectivity index (χ2n) is 6.16. The molecule has 1 aromatic rings. The zero-order chi connectivity index (χ0) is 16.2. The Balaban J connectivity index is 1.61. The first kappa shape index (κ1) is 15.9. The summed E-state index contributed by atoms with van der Waals surface area (Å²) in [5.74, 6) is 1.33. The van der Waals surface area contributed by atoms with Gasteiger partial charge in [0.2, 0.25) is 0 Å². The molecule has 1 unspecified atom stereocenters. The highest BCUT2D eigenvalue weighted by atomic mass is 16.5. The number of anilines is 1. The van der Waals surface area contributed by atoms with Gasteiger partial charge in [-0.2, -0.15) is 0 Å². The molecule has 0 aromatic heterocycles. The van der Waals surface area contributed by atoms with E-state index in [0.717, 1.165) is 19.5 Å². The number of likely N-dealkylation sites (tertiary alicyclic amines) is 2. The first-order valence-corrected chi connectivity index (χ1v) is 8.22. The van der Waals surface area contributed by atoms with E-state index in [1.165, 1.54) is 25.9 Å². The lowest BCUT2D eigenvalue weighted by Crippen LogP contribution is -2.38. The van der Waals surface area contributed by atoms with Crippen LogP contribution >= 0.6 is 0 Å². The van der Waals surface area contributed by atoms with E-state index in [9.17, 15) is 4.79 Å². The predicted octanol–water partition coefficient (Wildman–Crippen LogP) is 2.41. The lowest BCUT2D eigenvalue weighted by atomic mass is 10.2. The Kier molecular flexibility index (Phi) is 4.91. The summed E-state index contributed by atoms with van der Waals surface area (Å²) in [7, 11) is 3.20. The van der Waals surface area contributed by atoms with Crippen LogP contribution < -0.4 is 14.8 Å². The van der Waals surface area contributed by atoms with Gasteiger partial charge in [-0.15, -0.1) is 0 Å². The van der Waals surface area contributed by atoms with Crippen LogP contribution in [0.1, 0.15) is 19.3 Å². The molecule has 3 rings (SSSR count). The number of amides is 2. The molecule has 0 aliphatic carbocycles. The van der Waals surface area contributed by atoms with Gasteiger partial charge in [0.15, 0.2) is 0 Å². The van der Waals surface area contributed by atoms with Crippen molar-refractivity contribution in [1.82, 2.24) is 9.80 Å². The molecule has 2 saturated heterocycles. The molecule has 2 aliphatic heterocycles. The lowest BCUT2D eigenvalue weighted by Gasteiger charge is -2.23. The highest BCUT2D eigenvalue weighted by Gasteiger charge is 2.31. The van der Waals surface area contributed by atoms with Gasteiger partial charge in [0.25, 0.3) is 0 Å². The van der Waals surface area contributed by atoms with Crippen molar-refractivity contribution < 1.29 is 14.3 Å². The van der Waals surface area contributed by atoms with Gasteiger partial charge >= 0.3 is 6.03 Å². The number of carbonyl (C=O) groups is 1. The first-order valence-electron chi connectivity index (χ1n) is 8.22. The van der Waals surface area contributed by atoms with Crippen molar-refractivity contribution in [1.29, 1.82) is 0 Å². The van der Waals surface area contributed by atoms with Crippen LogP contribution in [-0.2, 0) is 0 Å². The van der Waals surface area contributed by atoms with E-state index >= 15 is 0 Å². The summed E-state index contributed by atoms with van der Waals surface area (Å²) in [4.78, 5) is 16.9. The van der Waals surface area contributed by atoms with Crippen molar-refractivity contribution in [3.63, 3.8) is 0 Å². The number of methoxy groups -OCH3 is 2. The minimum absolute atomic E-state index is 0.0537. The maximum Gasteiger partial charge on any atom is 0.321 e. The minimum atomic E-state index is -0.0537. The molecule has 2 heterocycles. The Hall–Kier alpha value is -1.95. The average molecular weight is 319 g/mol. The van der Waals surface area contributed by atoms with Crippen molar-refractivity contribution in [2.45, 2.75) is 25.3 Å². The second-order valence-corrected chi connectivity index (χ2v) is 6.16. The molecule has 2 amide bonds. The van der Waals surface area contributed by atoms with Crippen molar-refractivity contribution in [2.24, 2.45) is 0 Å². The minimum Gasteiger partial charge on any atom is -0.497 e. The van der Waals surface area contributed by atoms with E-state index in [0.29, 0.717) is 23.2 Å². The molecule has 6 nitrogen and oxygen atoms in total. The van der Waals surface area contributed by atoms with Crippen LogP contribution in [0, 0.1) is 0 Å². The van der Waals surface area contributed by atoms with Gasteiger partial charge in [0.1, 0.15) is 11.5 Å². The van der Waals surface area contributed by atoms with Gasteiger partial charge < -0.3 is 19.7 Å². The molecule has 2 fully saturated rings. The van der Waals surface area contributed by atoms with Crippen LogP contribution in [0.25, 0.3) is 0 Å². The zero-order valence-corrected chi connectivity index (χ0v) is 13.9. The van der Waals surface area contributed by atoms with Crippen LogP contribution in [0.4, 0.5) is 10.5 Å². The number of carbonyl (C=O) groups excluding carboxylic acids is 1. The van der Waals surface area contributed by atoms with Gasteiger partial charge in [-0.05, 0) is 32.4 Å². The van der Waals surface area contributed by atoms with E-state index < -0.39 is 0 Å². The molecule has 1 atom stereocenters. The molecular formula is C17H25N3O3. The smallest absolute Gasteiger partial charge is 0.321 e.